The number of pyridine rings is 1. The minimum absolute atomic E-state index is 0.233. The summed E-state index contributed by atoms with van der Waals surface area (Å²) in [6, 6.07) is 25.3. The number of rotatable bonds is 8. The van der Waals surface area contributed by atoms with E-state index in [2.05, 4.69) is 85.7 Å². The first-order valence-electron chi connectivity index (χ1n) is 11.9. The Morgan fingerprint density at radius 3 is 2.14 bits per heavy atom. The van der Waals surface area contributed by atoms with Crippen LogP contribution in [0.4, 0.5) is 0 Å². The molecule has 1 N–H and O–H groups in total. The van der Waals surface area contributed by atoms with Crippen molar-refractivity contribution >= 4 is 5.91 Å². The predicted octanol–water partition coefficient (Wildman–Crippen LogP) is 3.91. The van der Waals surface area contributed by atoms with Crippen LogP contribution in [0.25, 0.3) is 0 Å². The van der Waals surface area contributed by atoms with Gasteiger partial charge in [0.25, 0.3) is 5.91 Å². The molecular formula is C28H29N5O2. The number of piperazine rings is 1. The Balaban J connectivity index is 1.17. The number of oxazole rings is 1. The zero-order valence-electron chi connectivity index (χ0n) is 19.6. The van der Waals surface area contributed by atoms with Crippen LogP contribution in [-0.2, 0) is 13.1 Å². The molecule has 0 aliphatic carbocycles. The van der Waals surface area contributed by atoms with Gasteiger partial charge >= 0.3 is 0 Å². The first-order valence-corrected chi connectivity index (χ1v) is 11.9. The molecule has 1 aliphatic heterocycles. The fraction of sp³-hybridized carbons (Fsp3) is 0.250. The van der Waals surface area contributed by atoms with Gasteiger partial charge in [0.1, 0.15) is 6.26 Å². The lowest BCUT2D eigenvalue weighted by molar-refractivity contribution is 0.0944. The molecule has 0 unspecified atom stereocenters. The summed E-state index contributed by atoms with van der Waals surface area (Å²) in [6.45, 7) is 4.70. The number of amides is 1. The van der Waals surface area contributed by atoms with Gasteiger partial charge in [-0.25, -0.2) is 4.98 Å². The fourth-order valence-corrected chi connectivity index (χ4v) is 4.52. The molecule has 1 aliphatic rings. The van der Waals surface area contributed by atoms with Gasteiger partial charge in [-0.3, -0.25) is 19.6 Å². The second kappa shape index (κ2) is 11.1. The molecule has 4 aromatic rings. The number of aromatic nitrogens is 2. The first kappa shape index (κ1) is 23.0. The molecule has 1 amide bonds. The number of nitrogens with one attached hydrogen (secondary N) is 1. The molecule has 2 aromatic heterocycles. The monoisotopic (exact) mass is 467 g/mol. The molecule has 1 saturated heterocycles. The Kier molecular flexibility index (Phi) is 7.27. The molecule has 0 bridgehead atoms. The van der Waals surface area contributed by atoms with Gasteiger partial charge < -0.3 is 9.73 Å². The average molecular weight is 468 g/mol. The largest absolute Gasteiger partial charge is 0.447 e. The Morgan fingerprint density at radius 1 is 0.886 bits per heavy atom. The molecule has 0 spiro atoms. The molecule has 35 heavy (non-hydrogen) atoms. The molecule has 178 valence electrons. The van der Waals surface area contributed by atoms with E-state index in [1.807, 2.05) is 12.1 Å². The molecule has 0 atom stereocenters. The lowest BCUT2D eigenvalue weighted by atomic mass is 9.96. The van der Waals surface area contributed by atoms with Crippen LogP contribution in [0.3, 0.4) is 0 Å². The van der Waals surface area contributed by atoms with E-state index < -0.39 is 0 Å². The van der Waals surface area contributed by atoms with Crippen molar-refractivity contribution in [3.05, 3.63) is 120 Å². The second-order valence-electron chi connectivity index (χ2n) is 8.70. The Hall–Kier alpha value is -3.81. The Morgan fingerprint density at radius 2 is 1.51 bits per heavy atom. The van der Waals surface area contributed by atoms with Crippen molar-refractivity contribution in [3.63, 3.8) is 0 Å². The van der Waals surface area contributed by atoms with Crippen molar-refractivity contribution < 1.29 is 9.21 Å². The summed E-state index contributed by atoms with van der Waals surface area (Å²) in [6.07, 6.45) is 4.85. The van der Waals surface area contributed by atoms with Crippen molar-refractivity contribution in [1.82, 2.24) is 25.1 Å². The van der Waals surface area contributed by atoms with Gasteiger partial charge in [0, 0.05) is 45.1 Å². The van der Waals surface area contributed by atoms with Crippen LogP contribution in [0.2, 0.25) is 0 Å². The van der Waals surface area contributed by atoms with E-state index in [1.54, 1.807) is 12.4 Å². The van der Waals surface area contributed by atoms with Gasteiger partial charge in [-0.15, -0.1) is 0 Å². The van der Waals surface area contributed by atoms with Gasteiger partial charge in [0.15, 0.2) is 5.69 Å². The van der Waals surface area contributed by atoms with Crippen LogP contribution in [0.5, 0.6) is 0 Å². The predicted molar refractivity (Wildman–Crippen MR) is 133 cm³/mol. The van der Waals surface area contributed by atoms with Crippen molar-refractivity contribution in [2.75, 3.05) is 26.2 Å². The summed E-state index contributed by atoms with van der Waals surface area (Å²) in [5.74, 6) is 0.324. The van der Waals surface area contributed by atoms with Gasteiger partial charge in [-0.05, 0) is 28.8 Å². The van der Waals surface area contributed by atoms with E-state index in [0.29, 0.717) is 24.7 Å². The first-order chi connectivity index (χ1) is 17.3. The quantitative estimate of drug-likeness (QED) is 0.424. The highest BCUT2D eigenvalue weighted by Crippen LogP contribution is 2.29. The molecular weight excluding hydrogens is 438 g/mol. The molecule has 0 saturated carbocycles. The minimum atomic E-state index is -0.241. The van der Waals surface area contributed by atoms with Crippen molar-refractivity contribution in [1.29, 1.82) is 0 Å². The Bertz CT molecular complexity index is 1170. The number of carbonyl (C=O) groups excluding carboxylic acids is 1. The summed E-state index contributed by atoms with van der Waals surface area (Å²) in [5, 5.41) is 2.87. The topological polar surface area (TPSA) is 74.5 Å². The van der Waals surface area contributed by atoms with Gasteiger partial charge in [-0.1, -0.05) is 60.7 Å². The van der Waals surface area contributed by atoms with Gasteiger partial charge in [0.05, 0.1) is 12.6 Å². The molecule has 7 nitrogen and oxygen atoms in total. The second-order valence-corrected chi connectivity index (χ2v) is 8.70. The lowest BCUT2D eigenvalue weighted by Crippen LogP contribution is -2.47. The van der Waals surface area contributed by atoms with Crippen molar-refractivity contribution in [2.45, 2.75) is 19.1 Å². The molecule has 7 heteroatoms. The Labute approximate surface area is 205 Å². The maximum Gasteiger partial charge on any atom is 0.273 e. The highest BCUT2D eigenvalue weighted by atomic mass is 16.3. The summed E-state index contributed by atoms with van der Waals surface area (Å²) in [4.78, 5) is 25.7. The lowest BCUT2D eigenvalue weighted by Gasteiger charge is -2.39. The van der Waals surface area contributed by atoms with Crippen LogP contribution in [0.1, 0.15) is 39.1 Å². The summed E-state index contributed by atoms with van der Waals surface area (Å²) in [7, 11) is 0. The molecule has 5 rings (SSSR count). The van der Waals surface area contributed by atoms with E-state index in [1.165, 1.54) is 17.4 Å². The highest BCUT2D eigenvalue weighted by molar-refractivity contribution is 5.91. The smallest absolute Gasteiger partial charge is 0.273 e. The minimum Gasteiger partial charge on any atom is -0.447 e. The number of nitrogens with zero attached hydrogens (tertiary/aromatic N) is 4. The van der Waals surface area contributed by atoms with E-state index in [9.17, 15) is 4.79 Å². The third kappa shape index (κ3) is 5.82. The van der Waals surface area contributed by atoms with Crippen LogP contribution in [-0.4, -0.2) is 51.9 Å². The van der Waals surface area contributed by atoms with Crippen LogP contribution in [0.15, 0.2) is 95.9 Å². The summed E-state index contributed by atoms with van der Waals surface area (Å²) >= 11 is 0. The normalized spacial score (nSPS) is 14.8. The zero-order chi connectivity index (χ0) is 23.9. The molecule has 0 radical (unpaired) electrons. The van der Waals surface area contributed by atoms with Crippen molar-refractivity contribution in [2.24, 2.45) is 0 Å². The average Bonchev–Trinajstić information content (AvgIpc) is 3.39. The highest BCUT2D eigenvalue weighted by Gasteiger charge is 2.27. The van der Waals surface area contributed by atoms with E-state index >= 15 is 0 Å². The van der Waals surface area contributed by atoms with E-state index in [4.69, 9.17) is 4.42 Å². The SMILES string of the molecule is O=C(NCc1ccncc1)c1coc(CN2CCN(C(c3ccccc3)c3ccccc3)CC2)n1. The maximum atomic E-state index is 12.4. The third-order valence-corrected chi connectivity index (χ3v) is 6.35. The molecule has 2 aromatic carbocycles. The number of benzene rings is 2. The van der Waals surface area contributed by atoms with Crippen LogP contribution >= 0.6 is 0 Å². The number of hydrogen-bond acceptors (Lipinski definition) is 6. The van der Waals surface area contributed by atoms with E-state index in [-0.39, 0.29) is 11.9 Å². The van der Waals surface area contributed by atoms with E-state index in [0.717, 1.165) is 31.7 Å². The van der Waals surface area contributed by atoms with Gasteiger partial charge in [-0.2, -0.15) is 0 Å². The zero-order valence-corrected chi connectivity index (χ0v) is 19.6. The summed E-state index contributed by atoms with van der Waals surface area (Å²) in [5.41, 5.74) is 3.91. The van der Waals surface area contributed by atoms with Crippen LogP contribution in [0, 0.1) is 0 Å². The number of carbonyl (C=O) groups is 1. The maximum absolute atomic E-state index is 12.4. The molecule has 3 heterocycles. The van der Waals surface area contributed by atoms with Crippen molar-refractivity contribution in [3.8, 4) is 0 Å². The fourth-order valence-electron chi connectivity index (χ4n) is 4.52. The van der Waals surface area contributed by atoms with Gasteiger partial charge in [0.2, 0.25) is 5.89 Å². The summed E-state index contributed by atoms with van der Waals surface area (Å²) < 4.78 is 5.62. The standard InChI is InChI=1S/C28H29N5O2/c34-28(30-19-22-11-13-29-14-12-22)25-21-35-26(31-25)20-32-15-17-33(18-16-32)27(23-7-3-1-4-8-23)24-9-5-2-6-10-24/h1-14,21,27H,15-20H2,(H,30,34). The third-order valence-electron chi connectivity index (χ3n) is 6.35. The number of hydrogen-bond donors (Lipinski definition) is 1. The molecule has 1 fully saturated rings. The van der Waals surface area contributed by atoms with Crippen LogP contribution < -0.4 is 5.32 Å².